The molecule has 0 amide bonds. The fraction of sp³-hybridized carbons (Fsp3) is 0.600. The average Bonchev–Trinajstić information content (AvgIpc) is 2.22. The van der Waals surface area contributed by atoms with Crippen molar-refractivity contribution in [1.29, 1.82) is 0 Å². The van der Waals surface area contributed by atoms with Gasteiger partial charge in [-0.05, 0) is 60.0 Å². The zero-order valence-corrected chi connectivity index (χ0v) is 13.8. The fourth-order valence-corrected chi connectivity index (χ4v) is 2.21. The molecule has 5 heteroatoms. The Kier molecular flexibility index (Phi) is 7.75. The summed E-state index contributed by atoms with van der Waals surface area (Å²) in [5.41, 5.74) is 3.25. The van der Waals surface area contributed by atoms with Gasteiger partial charge in [-0.1, -0.05) is 0 Å². The number of phenols is 1. The van der Waals surface area contributed by atoms with Crippen LogP contribution in [0.25, 0.3) is 0 Å². The van der Waals surface area contributed by atoms with Gasteiger partial charge in [-0.15, -0.1) is 0 Å². The van der Waals surface area contributed by atoms with Gasteiger partial charge in [0.2, 0.25) is 0 Å². The summed E-state index contributed by atoms with van der Waals surface area (Å²) in [6, 6.07) is 4.21. The van der Waals surface area contributed by atoms with Crippen LogP contribution in [-0.2, 0) is 19.6 Å². The third kappa shape index (κ3) is 5.88. The predicted octanol–water partition coefficient (Wildman–Crippen LogP) is 1.74. The van der Waals surface area contributed by atoms with Crippen molar-refractivity contribution >= 4 is 0 Å². The first kappa shape index (κ1) is 18.9. The molecule has 0 aromatic heterocycles. The maximum Gasteiger partial charge on any atom is 0.124 e. The smallest absolute Gasteiger partial charge is 0.124 e. The summed E-state index contributed by atoms with van der Waals surface area (Å²) in [4.78, 5) is 6.30. The first-order chi connectivity index (χ1) is 8.79. The molecule has 0 heterocycles. The Morgan fingerprint density at radius 3 is 1.40 bits per heavy atom. The van der Waals surface area contributed by atoms with Gasteiger partial charge < -0.3 is 26.0 Å². The summed E-state index contributed by atoms with van der Waals surface area (Å²) >= 11 is 0. The van der Waals surface area contributed by atoms with Crippen LogP contribution in [0.4, 0.5) is 0 Å². The summed E-state index contributed by atoms with van der Waals surface area (Å²) in [6.45, 7) is 2.40. The van der Waals surface area contributed by atoms with Crippen molar-refractivity contribution in [1.82, 2.24) is 20.9 Å². The van der Waals surface area contributed by atoms with E-state index in [-0.39, 0.29) is 6.15 Å². The minimum atomic E-state index is 0. The van der Waals surface area contributed by atoms with Crippen LogP contribution in [0.15, 0.2) is 12.1 Å². The molecule has 1 rings (SSSR count). The lowest BCUT2D eigenvalue weighted by molar-refractivity contribution is 0.365. The molecule has 20 heavy (non-hydrogen) atoms. The van der Waals surface area contributed by atoms with Crippen molar-refractivity contribution in [2.24, 2.45) is 0 Å². The van der Waals surface area contributed by atoms with Crippen LogP contribution in [0.5, 0.6) is 5.75 Å². The molecule has 0 atom stereocenters. The standard InChI is InChI=1S/C15H27N3O.H3N/c1-16(2)9-12-7-13(10-17(3)4)15(19)14(8-12)11-18(5)6;/h7-8,19H,9-11H2,1-6H3;1H3. The highest BCUT2D eigenvalue weighted by atomic mass is 16.3. The van der Waals surface area contributed by atoms with Gasteiger partial charge in [0.25, 0.3) is 0 Å². The second-order valence-corrected chi connectivity index (χ2v) is 5.98. The first-order valence-electron chi connectivity index (χ1n) is 6.57. The zero-order valence-electron chi connectivity index (χ0n) is 13.8. The zero-order chi connectivity index (χ0) is 14.6. The van der Waals surface area contributed by atoms with E-state index >= 15 is 0 Å². The highest BCUT2D eigenvalue weighted by Gasteiger charge is 2.12. The van der Waals surface area contributed by atoms with Crippen LogP contribution in [0.2, 0.25) is 0 Å². The van der Waals surface area contributed by atoms with Crippen molar-refractivity contribution in [3.63, 3.8) is 0 Å². The number of hydrogen-bond donors (Lipinski definition) is 2. The summed E-state index contributed by atoms with van der Waals surface area (Å²) in [5, 5.41) is 10.4. The SMILES string of the molecule is CN(C)Cc1cc(CN(C)C)c(O)c(CN(C)C)c1.N. The molecule has 0 aliphatic heterocycles. The van der Waals surface area contributed by atoms with E-state index in [1.54, 1.807) is 0 Å². The molecular formula is C15H30N4O. The van der Waals surface area contributed by atoms with E-state index in [1.165, 1.54) is 5.56 Å². The number of aromatic hydroxyl groups is 1. The van der Waals surface area contributed by atoms with Crippen LogP contribution in [-0.4, -0.2) is 62.1 Å². The Morgan fingerprint density at radius 2 is 1.10 bits per heavy atom. The highest BCUT2D eigenvalue weighted by molar-refractivity contribution is 5.43. The number of benzene rings is 1. The molecule has 4 N–H and O–H groups in total. The summed E-state index contributed by atoms with van der Waals surface area (Å²) in [6.07, 6.45) is 0. The van der Waals surface area contributed by atoms with Crippen LogP contribution < -0.4 is 6.15 Å². The lowest BCUT2D eigenvalue weighted by Gasteiger charge is -2.19. The Hall–Kier alpha value is -1.14. The third-order valence-corrected chi connectivity index (χ3v) is 2.80. The molecule has 0 fully saturated rings. The molecular weight excluding hydrogens is 252 g/mol. The van der Waals surface area contributed by atoms with Gasteiger partial charge in [-0.3, -0.25) is 0 Å². The molecule has 1 aromatic rings. The van der Waals surface area contributed by atoms with Crippen LogP contribution in [0.3, 0.4) is 0 Å². The van der Waals surface area contributed by atoms with E-state index in [9.17, 15) is 5.11 Å². The second kappa shape index (κ2) is 8.21. The van der Waals surface area contributed by atoms with Gasteiger partial charge in [0.1, 0.15) is 5.75 Å². The number of rotatable bonds is 6. The molecule has 1 aromatic carbocycles. The van der Waals surface area contributed by atoms with E-state index in [0.29, 0.717) is 5.75 Å². The van der Waals surface area contributed by atoms with Crippen molar-refractivity contribution in [3.8, 4) is 5.75 Å². The largest absolute Gasteiger partial charge is 0.507 e. The van der Waals surface area contributed by atoms with Gasteiger partial charge in [-0.25, -0.2) is 0 Å². The van der Waals surface area contributed by atoms with E-state index in [2.05, 4.69) is 40.9 Å². The maximum absolute atomic E-state index is 10.4. The summed E-state index contributed by atoms with van der Waals surface area (Å²) in [5.74, 6) is 0.435. The highest BCUT2D eigenvalue weighted by Crippen LogP contribution is 2.27. The van der Waals surface area contributed by atoms with Gasteiger partial charge in [0, 0.05) is 30.8 Å². The number of phenolic OH excluding ortho intramolecular Hbond substituents is 1. The van der Waals surface area contributed by atoms with E-state index < -0.39 is 0 Å². The van der Waals surface area contributed by atoms with Gasteiger partial charge in [0.05, 0.1) is 0 Å². The van der Waals surface area contributed by atoms with Crippen LogP contribution in [0.1, 0.15) is 16.7 Å². The van der Waals surface area contributed by atoms with Crippen molar-refractivity contribution in [2.75, 3.05) is 42.3 Å². The summed E-state index contributed by atoms with van der Waals surface area (Å²) < 4.78 is 0. The monoisotopic (exact) mass is 282 g/mol. The lowest BCUT2D eigenvalue weighted by atomic mass is 10.0. The summed E-state index contributed by atoms with van der Waals surface area (Å²) in [7, 11) is 12.2. The molecule has 0 aliphatic rings. The molecule has 5 nitrogen and oxygen atoms in total. The van der Waals surface area contributed by atoms with E-state index in [0.717, 1.165) is 30.8 Å². The maximum atomic E-state index is 10.4. The molecule has 0 aliphatic carbocycles. The molecule has 0 spiro atoms. The first-order valence-corrected chi connectivity index (χ1v) is 6.57. The second-order valence-electron chi connectivity index (χ2n) is 5.98. The van der Waals surface area contributed by atoms with Gasteiger partial charge in [-0.2, -0.15) is 0 Å². The molecule has 0 bridgehead atoms. The van der Waals surface area contributed by atoms with E-state index in [4.69, 9.17) is 0 Å². The van der Waals surface area contributed by atoms with Crippen molar-refractivity contribution in [3.05, 3.63) is 28.8 Å². The van der Waals surface area contributed by atoms with Crippen LogP contribution >= 0.6 is 0 Å². The molecule has 0 saturated heterocycles. The molecule has 0 radical (unpaired) electrons. The Labute approximate surface area is 123 Å². The Bertz CT molecular complexity index is 385. The molecule has 116 valence electrons. The van der Waals surface area contributed by atoms with Crippen molar-refractivity contribution in [2.45, 2.75) is 19.6 Å². The predicted molar refractivity (Wildman–Crippen MR) is 85.3 cm³/mol. The van der Waals surface area contributed by atoms with Crippen LogP contribution in [0, 0.1) is 0 Å². The Morgan fingerprint density at radius 1 is 0.750 bits per heavy atom. The quantitative estimate of drug-likeness (QED) is 0.832. The molecule has 0 saturated carbocycles. The van der Waals surface area contributed by atoms with Crippen molar-refractivity contribution < 1.29 is 5.11 Å². The number of hydrogen-bond acceptors (Lipinski definition) is 5. The van der Waals surface area contributed by atoms with Gasteiger partial charge in [0.15, 0.2) is 0 Å². The topological polar surface area (TPSA) is 65.0 Å². The number of nitrogens with zero attached hydrogens (tertiary/aromatic N) is 3. The third-order valence-electron chi connectivity index (χ3n) is 2.80. The van der Waals surface area contributed by atoms with Gasteiger partial charge >= 0.3 is 0 Å². The van der Waals surface area contributed by atoms with E-state index in [1.807, 2.05) is 28.2 Å². The fourth-order valence-electron chi connectivity index (χ4n) is 2.21. The minimum absolute atomic E-state index is 0. The normalized spacial score (nSPS) is 11.2. The lowest BCUT2D eigenvalue weighted by Crippen LogP contribution is -2.16. The minimum Gasteiger partial charge on any atom is -0.507 e. The Balaban J connectivity index is 0.00000361. The molecule has 0 unspecified atom stereocenters. The average molecular weight is 282 g/mol.